The first-order valence-corrected chi connectivity index (χ1v) is 5.86. The van der Waals surface area contributed by atoms with E-state index in [-0.39, 0.29) is 5.75 Å². The molecule has 0 amide bonds. The summed E-state index contributed by atoms with van der Waals surface area (Å²) in [5.41, 5.74) is 3.06. The highest BCUT2D eigenvalue weighted by Crippen LogP contribution is 2.29. The Kier molecular flexibility index (Phi) is 3.72. The second-order valence-electron chi connectivity index (χ2n) is 4.19. The molecule has 2 N–H and O–H groups in total. The lowest BCUT2D eigenvalue weighted by atomic mass is 10.1. The van der Waals surface area contributed by atoms with Gasteiger partial charge in [-0.25, -0.2) is 0 Å². The minimum atomic E-state index is 0.195. The van der Waals surface area contributed by atoms with E-state index in [1.54, 1.807) is 13.2 Å². The maximum absolute atomic E-state index is 9.96. The lowest BCUT2D eigenvalue weighted by Gasteiger charge is -2.11. The molecular weight excluding hydrogens is 226 g/mol. The predicted molar refractivity (Wildman–Crippen MR) is 73.2 cm³/mol. The van der Waals surface area contributed by atoms with E-state index in [2.05, 4.69) is 11.4 Å². The van der Waals surface area contributed by atoms with Crippen LogP contribution in [0.15, 0.2) is 42.5 Å². The molecule has 94 valence electrons. The first kappa shape index (κ1) is 12.3. The fraction of sp³-hybridized carbons (Fsp3) is 0.200. The molecule has 0 saturated heterocycles. The monoisotopic (exact) mass is 243 g/mol. The van der Waals surface area contributed by atoms with Crippen LogP contribution >= 0.6 is 0 Å². The fourth-order valence-electron chi connectivity index (χ4n) is 1.83. The van der Waals surface area contributed by atoms with Gasteiger partial charge in [0.2, 0.25) is 0 Å². The maximum Gasteiger partial charge on any atom is 0.162 e. The number of aryl methyl sites for hydroxylation is 1. The van der Waals surface area contributed by atoms with Crippen molar-refractivity contribution < 1.29 is 9.84 Å². The molecule has 0 aliphatic carbocycles. The molecule has 0 bridgehead atoms. The summed E-state index contributed by atoms with van der Waals surface area (Å²) in [5, 5.41) is 13.2. The smallest absolute Gasteiger partial charge is 0.162 e. The van der Waals surface area contributed by atoms with Gasteiger partial charge in [0.1, 0.15) is 0 Å². The number of rotatable bonds is 4. The molecule has 18 heavy (non-hydrogen) atoms. The standard InChI is InChI=1S/C15H17NO2/c1-11-5-3-7-13(9-11)16-10-12-6-4-8-14(18-2)15(12)17/h3-9,16-17H,10H2,1-2H3. The number of aromatic hydroxyl groups is 1. The zero-order chi connectivity index (χ0) is 13.0. The minimum absolute atomic E-state index is 0.195. The molecular formula is C15H17NO2. The van der Waals surface area contributed by atoms with Crippen LogP contribution in [0.25, 0.3) is 0 Å². The van der Waals surface area contributed by atoms with Gasteiger partial charge in [0.25, 0.3) is 0 Å². The van der Waals surface area contributed by atoms with Crippen LogP contribution < -0.4 is 10.1 Å². The zero-order valence-corrected chi connectivity index (χ0v) is 10.6. The SMILES string of the molecule is COc1cccc(CNc2cccc(C)c2)c1O. The molecule has 0 saturated carbocycles. The van der Waals surface area contributed by atoms with E-state index in [9.17, 15) is 5.11 Å². The summed E-state index contributed by atoms with van der Waals surface area (Å²) >= 11 is 0. The van der Waals surface area contributed by atoms with Crippen molar-refractivity contribution in [3.05, 3.63) is 53.6 Å². The highest BCUT2D eigenvalue weighted by molar-refractivity contribution is 5.50. The van der Waals surface area contributed by atoms with Gasteiger partial charge in [0.15, 0.2) is 11.5 Å². The first-order valence-electron chi connectivity index (χ1n) is 5.86. The average Bonchev–Trinajstić information content (AvgIpc) is 2.38. The topological polar surface area (TPSA) is 41.5 Å². The van der Waals surface area contributed by atoms with Crippen molar-refractivity contribution in [2.75, 3.05) is 12.4 Å². The number of hydrogen-bond donors (Lipinski definition) is 2. The van der Waals surface area contributed by atoms with Crippen LogP contribution in [0.3, 0.4) is 0 Å². The number of ether oxygens (including phenoxy) is 1. The first-order chi connectivity index (χ1) is 8.70. The third kappa shape index (κ3) is 2.74. The summed E-state index contributed by atoms with van der Waals surface area (Å²) in [6.07, 6.45) is 0. The minimum Gasteiger partial charge on any atom is -0.504 e. The summed E-state index contributed by atoms with van der Waals surface area (Å²) in [6, 6.07) is 13.6. The molecule has 0 fully saturated rings. The van der Waals surface area contributed by atoms with E-state index in [0.717, 1.165) is 11.3 Å². The zero-order valence-electron chi connectivity index (χ0n) is 10.6. The van der Waals surface area contributed by atoms with Gasteiger partial charge >= 0.3 is 0 Å². The number of anilines is 1. The molecule has 2 rings (SSSR count). The summed E-state index contributed by atoms with van der Waals surface area (Å²) < 4.78 is 5.08. The predicted octanol–water partition coefficient (Wildman–Crippen LogP) is 3.32. The van der Waals surface area contributed by atoms with Crippen molar-refractivity contribution in [1.29, 1.82) is 0 Å². The van der Waals surface area contributed by atoms with Crippen LogP contribution in [-0.2, 0) is 6.54 Å². The van der Waals surface area contributed by atoms with Gasteiger partial charge < -0.3 is 15.2 Å². The highest BCUT2D eigenvalue weighted by atomic mass is 16.5. The number of phenolic OH excluding ortho intramolecular Hbond substituents is 1. The number of phenols is 1. The van der Waals surface area contributed by atoms with Crippen LogP contribution in [0.4, 0.5) is 5.69 Å². The second kappa shape index (κ2) is 5.45. The molecule has 0 heterocycles. The molecule has 2 aromatic rings. The molecule has 2 aromatic carbocycles. The van der Waals surface area contributed by atoms with Gasteiger partial charge in [-0.1, -0.05) is 24.3 Å². The van der Waals surface area contributed by atoms with Crippen molar-refractivity contribution in [2.45, 2.75) is 13.5 Å². The molecule has 0 aliphatic rings. The van der Waals surface area contributed by atoms with E-state index in [1.807, 2.05) is 37.3 Å². The van der Waals surface area contributed by atoms with Crippen molar-refractivity contribution in [3.8, 4) is 11.5 Å². The van der Waals surface area contributed by atoms with Crippen molar-refractivity contribution in [1.82, 2.24) is 0 Å². The number of benzene rings is 2. The Morgan fingerprint density at radius 1 is 1.17 bits per heavy atom. The molecule has 3 nitrogen and oxygen atoms in total. The fourth-order valence-corrected chi connectivity index (χ4v) is 1.83. The van der Waals surface area contributed by atoms with Gasteiger partial charge in [0, 0.05) is 17.8 Å². The third-order valence-electron chi connectivity index (χ3n) is 2.80. The Morgan fingerprint density at radius 2 is 1.94 bits per heavy atom. The molecule has 0 aliphatic heterocycles. The number of methoxy groups -OCH3 is 1. The summed E-state index contributed by atoms with van der Waals surface area (Å²) in [5.74, 6) is 0.693. The maximum atomic E-state index is 9.96. The Balaban J connectivity index is 2.11. The molecule has 0 unspecified atom stereocenters. The van der Waals surface area contributed by atoms with E-state index in [1.165, 1.54) is 5.56 Å². The number of hydrogen-bond acceptors (Lipinski definition) is 3. The summed E-state index contributed by atoms with van der Waals surface area (Å²) in [7, 11) is 1.55. The van der Waals surface area contributed by atoms with Crippen molar-refractivity contribution in [2.24, 2.45) is 0 Å². The quantitative estimate of drug-likeness (QED) is 0.865. The van der Waals surface area contributed by atoms with Crippen molar-refractivity contribution in [3.63, 3.8) is 0 Å². The Morgan fingerprint density at radius 3 is 2.67 bits per heavy atom. The van der Waals surface area contributed by atoms with Gasteiger partial charge in [-0.3, -0.25) is 0 Å². The van der Waals surface area contributed by atoms with Crippen LogP contribution in [0, 0.1) is 6.92 Å². The van der Waals surface area contributed by atoms with Crippen LogP contribution in [0.2, 0.25) is 0 Å². The number of nitrogens with one attached hydrogen (secondary N) is 1. The van der Waals surface area contributed by atoms with Gasteiger partial charge in [-0.05, 0) is 30.7 Å². The average molecular weight is 243 g/mol. The summed E-state index contributed by atoms with van der Waals surface area (Å²) in [6.45, 7) is 2.61. The third-order valence-corrected chi connectivity index (χ3v) is 2.80. The molecule has 3 heteroatoms. The van der Waals surface area contributed by atoms with E-state index in [4.69, 9.17) is 4.74 Å². The largest absolute Gasteiger partial charge is 0.504 e. The Labute approximate surface area is 107 Å². The van der Waals surface area contributed by atoms with Gasteiger partial charge in [-0.2, -0.15) is 0 Å². The van der Waals surface area contributed by atoms with Crippen molar-refractivity contribution >= 4 is 5.69 Å². The van der Waals surface area contributed by atoms with Gasteiger partial charge in [0.05, 0.1) is 7.11 Å². The van der Waals surface area contributed by atoms with E-state index >= 15 is 0 Å². The molecule has 0 spiro atoms. The lowest BCUT2D eigenvalue weighted by Crippen LogP contribution is -2.00. The van der Waals surface area contributed by atoms with Crippen LogP contribution in [-0.4, -0.2) is 12.2 Å². The lowest BCUT2D eigenvalue weighted by molar-refractivity contribution is 0.371. The normalized spacial score (nSPS) is 10.1. The Bertz CT molecular complexity index is 538. The van der Waals surface area contributed by atoms with Crippen LogP contribution in [0.5, 0.6) is 11.5 Å². The van der Waals surface area contributed by atoms with E-state index < -0.39 is 0 Å². The highest BCUT2D eigenvalue weighted by Gasteiger charge is 2.06. The summed E-state index contributed by atoms with van der Waals surface area (Å²) in [4.78, 5) is 0. The van der Waals surface area contributed by atoms with Gasteiger partial charge in [-0.15, -0.1) is 0 Å². The number of para-hydroxylation sites is 1. The molecule has 0 atom stereocenters. The molecule has 0 radical (unpaired) electrons. The Hall–Kier alpha value is -2.16. The second-order valence-corrected chi connectivity index (χ2v) is 4.19. The molecule has 0 aromatic heterocycles. The van der Waals surface area contributed by atoms with Crippen LogP contribution in [0.1, 0.15) is 11.1 Å². The van der Waals surface area contributed by atoms with E-state index in [0.29, 0.717) is 12.3 Å².